The van der Waals surface area contributed by atoms with E-state index in [-0.39, 0.29) is 54.4 Å². The lowest BCUT2D eigenvalue weighted by Gasteiger charge is -2.39. The summed E-state index contributed by atoms with van der Waals surface area (Å²) < 4.78 is 303. The molecule has 5 fully saturated rings. The zero-order chi connectivity index (χ0) is 68.8. The number of carbonyl (C=O) groups is 2. The molecule has 0 aromatic carbocycles. The smallest absolute Gasteiger partial charge is 0.218 e. The van der Waals surface area contributed by atoms with Crippen LogP contribution in [0.4, 0.5) is 0 Å². The molecule has 10 unspecified atom stereocenters. The van der Waals surface area contributed by atoms with E-state index in [0.29, 0.717) is 0 Å². The number of aliphatic hydroxyl groups excluding tert-OH is 6. The molecule has 0 aromatic heterocycles. The Morgan fingerprint density at radius 2 is 0.783 bits per heavy atom. The number of methoxy groups -OCH3 is 1. The van der Waals surface area contributed by atoms with Crippen LogP contribution in [0.3, 0.4) is 0 Å². The molecule has 0 aromatic rings. The van der Waals surface area contributed by atoms with E-state index in [2.05, 4.69) is 30.4 Å². The van der Waals surface area contributed by atoms with E-state index < -0.39 is 238 Å². The molecule has 0 radical (unpaired) electrons. The topological polar surface area (TPSA) is 923 Å². The van der Waals surface area contributed by atoms with Gasteiger partial charge in [-0.1, -0.05) is 0 Å². The fourth-order valence-corrected chi connectivity index (χ4v) is 10.6. The van der Waals surface area contributed by atoms with Crippen LogP contribution in [0.1, 0.15) is 25.7 Å². The van der Waals surface area contributed by atoms with Crippen LogP contribution in [0.5, 0.6) is 0 Å². The molecule has 5 aliphatic rings. The van der Waals surface area contributed by atoms with E-state index in [4.69, 9.17) is 34.3 Å². The molecule has 60 heteroatoms. The SMILES string of the molecule is CO.CO[C@@H]1C(COS(=O)(=O)[O-])OCC(NS(=O)(=O)[O-])[C@@H]1O.O.O.O.O.O=C([O-])C1CC(O)[C@H](O)CO1.O=C([O-])C1CC(O)[C@H](OS(=O)(=O)[O-])CO1.O=S(=O)([O-])N[C@@H]1COC(COS(=O)(=O)[O-])CC1O.O=S(=O)([O-])N[C@@H]1COC(COS(=O)(=O)[O-])CC1OS(=O)(=O)[O-]. The van der Waals surface area contributed by atoms with Gasteiger partial charge in [0, 0.05) is 39.9 Å². The highest BCUT2D eigenvalue weighted by atomic mass is 32.3. The summed E-state index contributed by atoms with van der Waals surface area (Å²) >= 11 is 0. The number of carboxylic acids is 2. The number of carboxylic acid groups (broad SMARTS) is 2. The van der Waals surface area contributed by atoms with Crippen molar-refractivity contribution in [1.29, 1.82) is 0 Å². The third-order valence-electron chi connectivity index (χ3n) is 10.6. The molecule has 0 bridgehead atoms. The molecule has 0 saturated carbocycles. The van der Waals surface area contributed by atoms with Crippen molar-refractivity contribution in [3.05, 3.63) is 0 Å². The summed E-state index contributed by atoms with van der Waals surface area (Å²) in [4.78, 5) is 20.5. The van der Waals surface area contributed by atoms with Crippen LogP contribution in [0.2, 0.25) is 0 Å². The summed E-state index contributed by atoms with van der Waals surface area (Å²) in [7, 11) is -37.4. The minimum Gasteiger partial charge on any atom is -0.735 e. The van der Waals surface area contributed by atoms with E-state index in [0.717, 1.165) is 14.2 Å². The summed E-state index contributed by atoms with van der Waals surface area (Å²) in [6.07, 6.45) is -17.1. The predicted molar refractivity (Wildman–Crippen MR) is 267 cm³/mol. The Labute approximate surface area is 522 Å². The molecule has 0 aliphatic carbocycles. The lowest BCUT2D eigenvalue weighted by molar-refractivity contribution is -0.322. The molecule has 52 nitrogen and oxygen atoms in total. The Morgan fingerprint density at radius 1 is 0.424 bits per heavy atom. The summed E-state index contributed by atoms with van der Waals surface area (Å²) in [5.74, 6) is -2.87. The first-order chi connectivity index (χ1) is 39.8. The maximum Gasteiger partial charge on any atom is 0.218 e. The van der Waals surface area contributed by atoms with E-state index >= 15 is 0 Å². The molecular formula is C32H63N3O49S8-10. The van der Waals surface area contributed by atoms with Crippen molar-refractivity contribution in [2.75, 3.05) is 67.1 Å². The maximum absolute atomic E-state index is 10.6. The number of ether oxygens (including phenoxy) is 6. The summed E-state index contributed by atoms with van der Waals surface area (Å²) in [6, 6.07) is -3.87. The monoisotopic (exact) mass is 1530 g/mol. The third-order valence-corrected chi connectivity index (χ3v) is 14.6. The van der Waals surface area contributed by atoms with Crippen molar-refractivity contribution >= 4 is 94.8 Å². The minimum absolute atomic E-state index is 0. The zero-order valence-corrected chi connectivity index (χ0v) is 52.6. The molecule has 5 aliphatic heterocycles. The van der Waals surface area contributed by atoms with E-state index in [1.807, 2.05) is 0 Å². The Balaban J connectivity index is -0.000000341. The molecule has 5 heterocycles. The average molecular weight is 1530 g/mol. The highest BCUT2D eigenvalue weighted by Gasteiger charge is 2.41. The van der Waals surface area contributed by atoms with Crippen molar-refractivity contribution in [1.82, 2.24) is 14.2 Å². The quantitative estimate of drug-likeness (QED) is 0.0359. The van der Waals surface area contributed by atoms with Crippen LogP contribution < -0.4 is 24.4 Å². The number of rotatable bonds is 22. The van der Waals surface area contributed by atoms with Gasteiger partial charge in [-0.2, -0.15) is 0 Å². The second-order valence-electron chi connectivity index (χ2n) is 17.2. The summed E-state index contributed by atoms with van der Waals surface area (Å²) in [5.41, 5.74) is 0. The normalized spacial score (nSPS) is 29.5. The van der Waals surface area contributed by atoms with Crippen LogP contribution in [0.25, 0.3) is 0 Å². The van der Waals surface area contributed by atoms with Crippen LogP contribution >= 0.6 is 0 Å². The molecule has 17 N–H and O–H groups in total. The van der Waals surface area contributed by atoms with E-state index in [1.165, 1.54) is 4.72 Å². The summed E-state index contributed by atoms with van der Waals surface area (Å²) in [5, 5.41) is 74.0. The first-order valence-electron chi connectivity index (χ1n) is 22.9. The molecule has 0 spiro atoms. The number of aliphatic carboxylic acids is 2. The Hall–Kier alpha value is -2.74. The number of hydrogen-bond acceptors (Lipinski definition) is 45. The van der Waals surface area contributed by atoms with Gasteiger partial charge in [-0.25, -0.2) is 81.5 Å². The Bertz CT molecular complexity index is 3090. The molecule has 0 amide bonds. The Kier molecular flexibility index (Phi) is 45.6. The largest absolute Gasteiger partial charge is 0.735 e. The first-order valence-corrected chi connectivity index (χ1v) is 33.8. The van der Waals surface area contributed by atoms with Crippen LogP contribution in [-0.4, -0.2) is 333 Å². The summed E-state index contributed by atoms with van der Waals surface area (Å²) in [6.45, 7) is -4.12. The van der Waals surface area contributed by atoms with Crippen molar-refractivity contribution in [2.45, 2.75) is 123 Å². The highest BCUT2D eigenvalue weighted by molar-refractivity contribution is 7.84. The van der Waals surface area contributed by atoms with Gasteiger partial charge in [0.05, 0.1) is 132 Å². The van der Waals surface area contributed by atoms with Gasteiger partial charge >= 0.3 is 0 Å². The van der Waals surface area contributed by atoms with Gasteiger partial charge in [0.2, 0.25) is 52.0 Å². The number of carbonyl (C=O) groups excluding carboxylic acids is 2. The molecule has 92 heavy (non-hydrogen) atoms. The molecule has 558 valence electrons. The van der Waals surface area contributed by atoms with Crippen LogP contribution in [-0.2, 0) is 142 Å². The number of hydrogen-bond donors (Lipinski definition) is 9. The van der Waals surface area contributed by atoms with Gasteiger partial charge in [0.1, 0.15) is 30.5 Å². The van der Waals surface area contributed by atoms with Crippen molar-refractivity contribution in [3.8, 4) is 0 Å². The fraction of sp³-hybridized carbons (Fsp3) is 0.938. The molecule has 16 atom stereocenters. The van der Waals surface area contributed by atoms with Gasteiger partial charge in [-0.3, -0.25) is 20.9 Å². The number of aliphatic hydroxyl groups is 6. The minimum atomic E-state index is -5.24. The second kappa shape index (κ2) is 42.8. The van der Waals surface area contributed by atoms with Crippen molar-refractivity contribution < 1.29 is 225 Å². The van der Waals surface area contributed by atoms with E-state index in [9.17, 15) is 139 Å². The van der Waals surface area contributed by atoms with Crippen molar-refractivity contribution in [3.63, 3.8) is 0 Å². The Morgan fingerprint density at radius 3 is 1.15 bits per heavy atom. The van der Waals surface area contributed by atoms with Gasteiger partial charge in [0.15, 0.2) is 30.9 Å². The number of nitrogens with one attached hydrogen (secondary N) is 3. The van der Waals surface area contributed by atoms with Gasteiger partial charge in [-0.05, 0) is 0 Å². The van der Waals surface area contributed by atoms with Crippen LogP contribution in [0.15, 0.2) is 0 Å². The average Bonchev–Trinajstić information content (AvgIpc) is 0.888. The third kappa shape index (κ3) is 45.7. The van der Waals surface area contributed by atoms with Crippen molar-refractivity contribution in [2.24, 2.45) is 0 Å². The zero-order valence-electron chi connectivity index (χ0n) is 46.1. The standard InChI is InChI=1S/C7H15NO10S2.C6H13NO12S3.C6H13NO9S2.C6H10O8S.C6H10O5.CH4O.4H2O/c1-16-7-5(3-18-20(13,14)15)17-2-4(6(7)9)8-19(10,11)12;8-20(9,10)7-5-3-17-4(2-18-21(11,12)13)1-6(5)19-22(14,15)16;8-6-1-4(2-16-18(12,13)14)15-3-5(6)7-17(9,10)11;7-3-1-4(6(8)9)13-2-5(3)14-15(10,11)12;7-3-1-5(6(9)10)11-2-4(3)8;1-2;;;;/h4-9H,2-3H2,1H3,(H,10,11,12)(H,13,14,15);4-7H,1-3H2,(H,8,9,10)(H,11,12,13)(H,14,15,16);4-8H,1-3H2,(H,9,10,11)(H,12,13,14);3-5,7H,1-2H2,(H,8,9)(H,10,11,12);3-5,7-8H,1-2H2,(H,9,10);2H,1H3;4*1H2/p-10/t4?,5?,6-,7+;2*4?,5-,6?;3?,4?,5-;3?,4-,5?;;;;;/m01111...../s1. The molecular weight excluding hydrogens is 1470 g/mol. The van der Waals surface area contributed by atoms with Gasteiger partial charge < -0.3 is 137 Å². The fourth-order valence-electron chi connectivity index (χ4n) is 6.94. The molecule has 5 rings (SSSR count). The second-order valence-corrected chi connectivity index (χ2v) is 25.8. The van der Waals surface area contributed by atoms with Gasteiger partial charge in [0.25, 0.3) is 0 Å². The molecule has 5 saturated heterocycles. The van der Waals surface area contributed by atoms with Crippen LogP contribution in [0, 0.1) is 0 Å². The predicted octanol–water partition coefficient (Wildman–Crippen LogP) is -19.5. The van der Waals surface area contributed by atoms with Gasteiger partial charge in [-0.15, -0.1) is 0 Å². The maximum atomic E-state index is 10.6. The lowest BCUT2D eigenvalue weighted by atomic mass is 9.99. The highest BCUT2D eigenvalue weighted by Crippen LogP contribution is 2.23. The van der Waals surface area contributed by atoms with E-state index in [1.54, 1.807) is 9.44 Å². The first kappa shape index (κ1) is 97.9. The lowest BCUT2D eigenvalue weighted by Crippen LogP contribution is -2.60.